The maximum atomic E-state index is 6.09. The molecule has 0 atom stereocenters. The van der Waals surface area contributed by atoms with Gasteiger partial charge < -0.3 is 4.74 Å². The minimum Gasteiger partial charge on any atom is -0.493 e. The average Bonchev–Trinajstić information content (AvgIpc) is 2.41. The molecule has 0 saturated heterocycles. The van der Waals surface area contributed by atoms with Crippen molar-refractivity contribution in [1.82, 2.24) is 4.98 Å². The largest absolute Gasteiger partial charge is 0.493 e. The molecule has 0 N–H and O–H groups in total. The van der Waals surface area contributed by atoms with Crippen molar-refractivity contribution in [2.45, 2.75) is 19.8 Å². The van der Waals surface area contributed by atoms with Crippen LogP contribution in [0.25, 0.3) is 11.1 Å². The molecule has 1 aromatic carbocycles. The molecule has 4 heteroatoms. The Hall–Kier alpha value is -1.06. The average molecular weight is 341 g/mol. The third-order valence-corrected chi connectivity index (χ3v) is 3.63. The molecule has 2 aromatic rings. The van der Waals surface area contributed by atoms with E-state index >= 15 is 0 Å². The SMILES string of the molecule is CCCCOc1ccc(Cl)cc1-c1ccncc1Br. The predicted molar refractivity (Wildman–Crippen MR) is 82.8 cm³/mol. The number of unbranched alkanes of at least 4 members (excludes halogenated alkanes) is 1. The highest BCUT2D eigenvalue weighted by atomic mass is 79.9. The zero-order valence-corrected chi connectivity index (χ0v) is 13.0. The number of benzene rings is 1. The summed E-state index contributed by atoms with van der Waals surface area (Å²) in [5.41, 5.74) is 2.02. The van der Waals surface area contributed by atoms with E-state index in [-0.39, 0.29) is 0 Å². The number of aromatic nitrogens is 1. The molecular formula is C15H15BrClNO. The molecule has 19 heavy (non-hydrogen) atoms. The zero-order chi connectivity index (χ0) is 13.7. The fourth-order valence-electron chi connectivity index (χ4n) is 1.76. The zero-order valence-electron chi connectivity index (χ0n) is 10.7. The fraction of sp³-hybridized carbons (Fsp3) is 0.267. The molecule has 0 saturated carbocycles. The third-order valence-electron chi connectivity index (χ3n) is 2.76. The summed E-state index contributed by atoms with van der Waals surface area (Å²) < 4.78 is 6.77. The molecule has 0 aliphatic carbocycles. The van der Waals surface area contributed by atoms with Gasteiger partial charge >= 0.3 is 0 Å². The van der Waals surface area contributed by atoms with Crippen molar-refractivity contribution in [1.29, 1.82) is 0 Å². The van der Waals surface area contributed by atoms with Gasteiger partial charge in [-0.1, -0.05) is 24.9 Å². The molecule has 1 aromatic heterocycles. The number of halogens is 2. The first kappa shape index (κ1) is 14.4. The van der Waals surface area contributed by atoms with Gasteiger partial charge in [-0.05, 0) is 46.6 Å². The molecule has 0 amide bonds. The molecule has 0 spiro atoms. The highest BCUT2D eigenvalue weighted by Gasteiger charge is 2.10. The first-order valence-corrected chi connectivity index (χ1v) is 7.41. The lowest BCUT2D eigenvalue weighted by Crippen LogP contribution is -1.98. The van der Waals surface area contributed by atoms with Crippen LogP contribution in [0.1, 0.15) is 19.8 Å². The molecule has 0 fully saturated rings. The standard InChI is InChI=1S/C15H15BrClNO/c1-2-3-8-19-15-5-4-11(17)9-13(15)12-6-7-18-10-14(12)16/h4-7,9-10H,2-3,8H2,1H3. The normalized spacial score (nSPS) is 10.5. The van der Waals surface area contributed by atoms with E-state index in [1.165, 1.54) is 0 Å². The van der Waals surface area contributed by atoms with Gasteiger partial charge in [-0.15, -0.1) is 0 Å². The van der Waals surface area contributed by atoms with Crippen molar-refractivity contribution < 1.29 is 4.74 Å². The smallest absolute Gasteiger partial charge is 0.127 e. The number of nitrogens with zero attached hydrogens (tertiary/aromatic N) is 1. The summed E-state index contributed by atoms with van der Waals surface area (Å²) in [5, 5.41) is 0.696. The Morgan fingerprint density at radius 3 is 2.84 bits per heavy atom. The van der Waals surface area contributed by atoms with Crippen molar-refractivity contribution in [3.63, 3.8) is 0 Å². The van der Waals surface area contributed by atoms with Crippen LogP contribution >= 0.6 is 27.5 Å². The highest BCUT2D eigenvalue weighted by Crippen LogP contribution is 2.36. The first-order chi connectivity index (χ1) is 9.22. The van der Waals surface area contributed by atoms with Gasteiger partial charge in [0.15, 0.2) is 0 Å². The summed E-state index contributed by atoms with van der Waals surface area (Å²) in [6.07, 6.45) is 5.68. The quantitative estimate of drug-likeness (QED) is 0.685. The number of hydrogen-bond acceptors (Lipinski definition) is 2. The van der Waals surface area contributed by atoms with Crippen LogP contribution in [0.4, 0.5) is 0 Å². The Bertz CT molecular complexity index is 560. The summed E-state index contributed by atoms with van der Waals surface area (Å²) in [6.45, 7) is 2.86. The lowest BCUT2D eigenvalue weighted by Gasteiger charge is -2.13. The fourth-order valence-corrected chi connectivity index (χ4v) is 2.39. The Morgan fingerprint density at radius 2 is 2.11 bits per heavy atom. The van der Waals surface area contributed by atoms with E-state index in [4.69, 9.17) is 16.3 Å². The van der Waals surface area contributed by atoms with Crippen molar-refractivity contribution in [2.75, 3.05) is 6.61 Å². The molecule has 2 rings (SSSR count). The number of rotatable bonds is 5. The summed E-state index contributed by atoms with van der Waals surface area (Å²) in [6, 6.07) is 7.63. The van der Waals surface area contributed by atoms with Crippen LogP contribution in [0, 0.1) is 0 Å². The summed E-state index contributed by atoms with van der Waals surface area (Å²) in [4.78, 5) is 4.08. The summed E-state index contributed by atoms with van der Waals surface area (Å²) >= 11 is 9.61. The van der Waals surface area contributed by atoms with E-state index in [0.29, 0.717) is 11.6 Å². The van der Waals surface area contributed by atoms with Gasteiger partial charge in [0.2, 0.25) is 0 Å². The van der Waals surface area contributed by atoms with Gasteiger partial charge in [-0.3, -0.25) is 4.98 Å². The summed E-state index contributed by atoms with van der Waals surface area (Å²) in [7, 11) is 0. The van der Waals surface area contributed by atoms with Crippen LogP contribution in [0.15, 0.2) is 41.1 Å². The second-order valence-corrected chi connectivity index (χ2v) is 5.49. The molecule has 0 unspecified atom stereocenters. The van der Waals surface area contributed by atoms with Crippen LogP contribution in [0.5, 0.6) is 5.75 Å². The minimum absolute atomic E-state index is 0.696. The first-order valence-electron chi connectivity index (χ1n) is 6.24. The second kappa shape index (κ2) is 6.92. The Balaban J connectivity index is 2.37. The number of ether oxygens (including phenoxy) is 1. The Kier molecular flexibility index (Phi) is 5.23. The topological polar surface area (TPSA) is 22.1 Å². The van der Waals surface area contributed by atoms with Gasteiger partial charge in [-0.25, -0.2) is 0 Å². The number of pyridine rings is 1. The number of hydrogen-bond donors (Lipinski definition) is 0. The van der Waals surface area contributed by atoms with E-state index < -0.39 is 0 Å². The molecule has 1 heterocycles. The molecule has 2 nitrogen and oxygen atoms in total. The van der Waals surface area contributed by atoms with Crippen molar-refractivity contribution in [2.24, 2.45) is 0 Å². The van der Waals surface area contributed by atoms with E-state index in [2.05, 4.69) is 27.8 Å². The van der Waals surface area contributed by atoms with E-state index in [1.54, 1.807) is 12.4 Å². The van der Waals surface area contributed by atoms with Crippen molar-refractivity contribution in [3.8, 4) is 16.9 Å². The molecular weight excluding hydrogens is 326 g/mol. The van der Waals surface area contributed by atoms with Gasteiger partial charge in [0.05, 0.1) is 6.61 Å². The predicted octanol–water partition coefficient (Wildman–Crippen LogP) is 5.34. The Morgan fingerprint density at radius 1 is 1.26 bits per heavy atom. The molecule has 0 radical (unpaired) electrons. The second-order valence-electron chi connectivity index (χ2n) is 4.20. The van der Waals surface area contributed by atoms with Crippen LogP contribution in [0.3, 0.4) is 0 Å². The van der Waals surface area contributed by atoms with Gasteiger partial charge in [0.25, 0.3) is 0 Å². The van der Waals surface area contributed by atoms with Gasteiger partial charge in [-0.2, -0.15) is 0 Å². The van der Waals surface area contributed by atoms with Crippen LogP contribution in [-0.4, -0.2) is 11.6 Å². The van der Waals surface area contributed by atoms with Crippen molar-refractivity contribution in [3.05, 3.63) is 46.2 Å². The third kappa shape index (κ3) is 3.71. The summed E-state index contributed by atoms with van der Waals surface area (Å²) in [5.74, 6) is 0.852. The molecule has 0 bridgehead atoms. The van der Waals surface area contributed by atoms with Gasteiger partial charge in [0, 0.05) is 33.0 Å². The highest BCUT2D eigenvalue weighted by molar-refractivity contribution is 9.10. The van der Waals surface area contributed by atoms with E-state index in [0.717, 1.165) is 34.2 Å². The van der Waals surface area contributed by atoms with Crippen LogP contribution in [0.2, 0.25) is 5.02 Å². The van der Waals surface area contributed by atoms with E-state index in [9.17, 15) is 0 Å². The van der Waals surface area contributed by atoms with Crippen LogP contribution < -0.4 is 4.74 Å². The van der Waals surface area contributed by atoms with Crippen LogP contribution in [-0.2, 0) is 0 Å². The van der Waals surface area contributed by atoms with E-state index in [1.807, 2.05) is 24.3 Å². The van der Waals surface area contributed by atoms with Gasteiger partial charge in [0.1, 0.15) is 5.75 Å². The maximum Gasteiger partial charge on any atom is 0.127 e. The lowest BCUT2D eigenvalue weighted by molar-refractivity contribution is 0.310. The van der Waals surface area contributed by atoms with Crippen molar-refractivity contribution >= 4 is 27.5 Å². The monoisotopic (exact) mass is 339 g/mol. The molecule has 0 aliphatic rings. The lowest BCUT2D eigenvalue weighted by atomic mass is 10.1. The molecule has 0 aliphatic heterocycles. The maximum absolute atomic E-state index is 6.09. The molecule has 100 valence electrons. The minimum atomic E-state index is 0.696. The Labute approximate surface area is 126 Å².